The van der Waals surface area contributed by atoms with E-state index in [0.29, 0.717) is 17.7 Å². The van der Waals surface area contributed by atoms with Gasteiger partial charge in [0.05, 0.1) is 15.1 Å². The SMILES string of the molecule is C=C(Br)CNc1ccc2scnc2c1[N+](=O)[O-]. The molecule has 7 heteroatoms. The molecule has 0 radical (unpaired) electrons. The molecule has 17 heavy (non-hydrogen) atoms. The van der Waals surface area contributed by atoms with E-state index in [2.05, 4.69) is 32.8 Å². The van der Waals surface area contributed by atoms with Crippen LogP contribution < -0.4 is 5.32 Å². The highest BCUT2D eigenvalue weighted by atomic mass is 79.9. The quantitative estimate of drug-likeness (QED) is 0.692. The van der Waals surface area contributed by atoms with Crippen molar-refractivity contribution in [2.24, 2.45) is 0 Å². The van der Waals surface area contributed by atoms with E-state index in [4.69, 9.17) is 0 Å². The number of nitrogens with zero attached hydrogens (tertiary/aromatic N) is 2. The number of nitrogens with one attached hydrogen (secondary N) is 1. The Morgan fingerprint density at radius 1 is 1.65 bits per heavy atom. The van der Waals surface area contributed by atoms with E-state index < -0.39 is 4.92 Å². The van der Waals surface area contributed by atoms with Crippen LogP contribution in [0, 0.1) is 10.1 Å². The van der Waals surface area contributed by atoms with Gasteiger partial charge in [-0.1, -0.05) is 22.5 Å². The molecule has 1 aromatic carbocycles. The summed E-state index contributed by atoms with van der Waals surface area (Å²) in [7, 11) is 0. The Labute approximate surface area is 109 Å². The third-order valence-corrected chi connectivity index (χ3v) is 3.20. The number of aromatic nitrogens is 1. The molecular formula is C10H8BrN3O2S. The third kappa shape index (κ3) is 2.45. The van der Waals surface area contributed by atoms with Crippen molar-refractivity contribution in [1.29, 1.82) is 0 Å². The minimum absolute atomic E-state index is 0.0116. The number of anilines is 1. The molecule has 0 atom stereocenters. The molecule has 0 bridgehead atoms. The third-order valence-electron chi connectivity index (χ3n) is 2.13. The Morgan fingerprint density at radius 2 is 2.41 bits per heavy atom. The molecule has 0 aliphatic rings. The maximum Gasteiger partial charge on any atom is 0.319 e. The smallest absolute Gasteiger partial charge is 0.319 e. The predicted molar refractivity (Wildman–Crippen MR) is 72.8 cm³/mol. The summed E-state index contributed by atoms with van der Waals surface area (Å²) in [6, 6.07) is 3.51. The van der Waals surface area contributed by atoms with Gasteiger partial charge in [0.2, 0.25) is 0 Å². The zero-order valence-corrected chi connectivity index (χ0v) is 11.0. The minimum Gasteiger partial charge on any atom is -0.375 e. The lowest BCUT2D eigenvalue weighted by Gasteiger charge is -2.06. The summed E-state index contributed by atoms with van der Waals surface area (Å²) in [5, 5.41) is 14.0. The normalized spacial score (nSPS) is 10.4. The van der Waals surface area contributed by atoms with Gasteiger partial charge in [-0.15, -0.1) is 11.3 Å². The van der Waals surface area contributed by atoms with E-state index >= 15 is 0 Å². The Morgan fingerprint density at radius 3 is 3.06 bits per heavy atom. The zero-order valence-electron chi connectivity index (χ0n) is 8.64. The molecule has 0 saturated heterocycles. The number of hydrogen-bond acceptors (Lipinski definition) is 5. The number of hydrogen-bond donors (Lipinski definition) is 1. The summed E-state index contributed by atoms with van der Waals surface area (Å²) < 4.78 is 1.53. The molecule has 1 aromatic heterocycles. The van der Waals surface area contributed by atoms with Gasteiger partial charge in [0.1, 0.15) is 5.69 Å². The Hall–Kier alpha value is -1.47. The summed E-state index contributed by atoms with van der Waals surface area (Å²) in [5.41, 5.74) is 2.49. The van der Waals surface area contributed by atoms with E-state index in [9.17, 15) is 10.1 Å². The molecule has 2 rings (SSSR count). The van der Waals surface area contributed by atoms with E-state index in [-0.39, 0.29) is 5.69 Å². The first kappa shape index (κ1) is 12.0. The second-order valence-electron chi connectivity index (χ2n) is 3.29. The van der Waals surface area contributed by atoms with Crippen LogP contribution >= 0.6 is 27.3 Å². The second kappa shape index (κ2) is 4.80. The van der Waals surface area contributed by atoms with Crippen LogP contribution in [0.15, 0.2) is 28.7 Å². The first-order chi connectivity index (χ1) is 8.09. The standard InChI is InChI=1S/C10H8BrN3O2S/c1-6(11)4-12-7-2-3-8-9(13-5-17-8)10(7)14(15)16/h2-3,5,12H,1,4H2. The van der Waals surface area contributed by atoms with Crippen LogP contribution in [0.1, 0.15) is 0 Å². The van der Waals surface area contributed by atoms with Gasteiger partial charge in [-0.05, 0) is 12.1 Å². The molecule has 0 amide bonds. The Balaban J connectivity index is 2.50. The fourth-order valence-electron chi connectivity index (χ4n) is 1.44. The first-order valence-corrected chi connectivity index (χ1v) is 6.34. The van der Waals surface area contributed by atoms with Crippen molar-refractivity contribution in [3.05, 3.63) is 38.8 Å². The van der Waals surface area contributed by atoms with Crippen LogP contribution in [0.3, 0.4) is 0 Å². The maximum absolute atomic E-state index is 11.1. The van der Waals surface area contributed by atoms with E-state index in [1.54, 1.807) is 11.6 Å². The Kier molecular flexibility index (Phi) is 3.39. The molecule has 88 valence electrons. The van der Waals surface area contributed by atoms with Crippen LogP contribution in [-0.4, -0.2) is 16.5 Å². The van der Waals surface area contributed by atoms with E-state index in [0.717, 1.165) is 9.18 Å². The molecule has 0 fully saturated rings. The van der Waals surface area contributed by atoms with E-state index in [1.807, 2.05) is 6.07 Å². The van der Waals surface area contributed by atoms with Crippen LogP contribution in [-0.2, 0) is 0 Å². The Bertz CT molecular complexity index is 596. The molecule has 0 saturated carbocycles. The molecule has 0 aliphatic carbocycles. The van der Waals surface area contributed by atoms with Gasteiger partial charge in [-0.2, -0.15) is 0 Å². The van der Waals surface area contributed by atoms with Crippen LogP contribution in [0.2, 0.25) is 0 Å². The average molecular weight is 314 g/mol. The molecule has 1 N–H and O–H groups in total. The summed E-state index contributed by atoms with van der Waals surface area (Å²) >= 11 is 4.58. The van der Waals surface area contributed by atoms with E-state index in [1.165, 1.54) is 11.3 Å². The fraction of sp³-hybridized carbons (Fsp3) is 0.100. The summed E-state index contributed by atoms with van der Waals surface area (Å²) in [4.78, 5) is 14.7. The number of halogens is 1. The van der Waals surface area contributed by atoms with Crippen molar-refractivity contribution in [3.63, 3.8) is 0 Å². The highest BCUT2D eigenvalue weighted by Gasteiger charge is 2.20. The number of nitro groups is 1. The lowest BCUT2D eigenvalue weighted by molar-refractivity contribution is -0.382. The molecule has 0 aliphatic heterocycles. The van der Waals surface area contributed by atoms with Gasteiger partial charge in [0, 0.05) is 11.0 Å². The van der Waals surface area contributed by atoms with Gasteiger partial charge in [-0.25, -0.2) is 4.98 Å². The zero-order chi connectivity index (χ0) is 12.4. The number of rotatable bonds is 4. The van der Waals surface area contributed by atoms with Crippen LogP contribution in [0.25, 0.3) is 10.2 Å². The van der Waals surface area contributed by atoms with Crippen molar-refractivity contribution in [2.75, 3.05) is 11.9 Å². The molecule has 1 heterocycles. The largest absolute Gasteiger partial charge is 0.375 e. The lowest BCUT2D eigenvalue weighted by atomic mass is 10.2. The number of fused-ring (bicyclic) bond motifs is 1. The summed E-state index contributed by atoms with van der Waals surface area (Å²) in [6.45, 7) is 4.09. The molecule has 5 nitrogen and oxygen atoms in total. The predicted octanol–water partition coefficient (Wildman–Crippen LogP) is 3.53. The summed E-state index contributed by atoms with van der Waals surface area (Å²) in [6.07, 6.45) is 0. The number of nitro benzene ring substituents is 1. The highest BCUT2D eigenvalue weighted by Crippen LogP contribution is 2.34. The topological polar surface area (TPSA) is 68.1 Å². The molecule has 2 aromatic rings. The number of benzene rings is 1. The van der Waals surface area contributed by atoms with Crippen molar-refractivity contribution in [1.82, 2.24) is 4.98 Å². The molecule has 0 spiro atoms. The minimum atomic E-state index is -0.415. The van der Waals surface area contributed by atoms with Crippen LogP contribution in [0.5, 0.6) is 0 Å². The van der Waals surface area contributed by atoms with Crippen LogP contribution in [0.4, 0.5) is 11.4 Å². The second-order valence-corrected chi connectivity index (χ2v) is 5.30. The van der Waals surface area contributed by atoms with Gasteiger partial charge < -0.3 is 5.32 Å². The van der Waals surface area contributed by atoms with Gasteiger partial charge in [0.15, 0.2) is 5.52 Å². The monoisotopic (exact) mass is 313 g/mol. The van der Waals surface area contributed by atoms with Crippen molar-refractivity contribution < 1.29 is 4.92 Å². The van der Waals surface area contributed by atoms with Gasteiger partial charge >= 0.3 is 5.69 Å². The first-order valence-electron chi connectivity index (χ1n) is 4.67. The highest BCUT2D eigenvalue weighted by molar-refractivity contribution is 9.11. The molecular weight excluding hydrogens is 306 g/mol. The lowest BCUT2D eigenvalue weighted by Crippen LogP contribution is -2.04. The van der Waals surface area contributed by atoms with Crippen molar-refractivity contribution in [3.8, 4) is 0 Å². The molecule has 0 unspecified atom stereocenters. The van der Waals surface area contributed by atoms with Gasteiger partial charge in [-0.3, -0.25) is 10.1 Å². The average Bonchev–Trinajstić information content (AvgIpc) is 2.72. The van der Waals surface area contributed by atoms with Crippen molar-refractivity contribution >= 4 is 48.9 Å². The maximum atomic E-state index is 11.1. The fourth-order valence-corrected chi connectivity index (χ4v) is 2.25. The summed E-state index contributed by atoms with van der Waals surface area (Å²) in [5.74, 6) is 0. The number of thiazole rings is 1. The van der Waals surface area contributed by atoms with Crippen molar-refractivity contribution in [2.45, 2.75) is 0 Å². The van der Waals surface area contributed by atoms with Gasteiger partial charge in [0.25, 0.3) is 0 Å².